The summed E-state index contributed by atoms with van der Waals surface area (Å²) in [4.78, 5) is 38.1. The molecule has 128 valence electrons. The Kier molecular flexibility index (Phi) is 6.75. The van der Waals surface area contributed by atoms with E-state index in [0.29, 0.717) is 6.54 Å². The van der Waals surface area contributed by atoms with E-state index < -0.39 is 17.4 Å². The van der Waals surface area contributed by atoms with Crippen molar-refractivity contribution in [1.82, 2.24) is 10.2 Å². The van der Waals surface area contributed by atoms with Gasteiger partial charge >= 0.3 is 5.97 Å². The van der Waals surface area contributed by atoms with E-state index in [0.717, 1.165) is 4.88 Å². The predicted octanol–water partition coefficient (Wildman–Crippen LogP) is 1.80. The zero-order chi connectivity index (χ0) is 17.6. The van der Waals surface area contributed by atoms with Crippen LogP contribution in [0.4, 0.5) is 0 Å². The molecule has 0 saturated heterocycles. The number of carbonyl (C=O) groups is 3. The molecule has 1 heterocycles. The van der Waals surface area contributed by atoms with Crippen molar-refractivity contribution in [2.24, 2.45) is 5.41 Å². The summed E-state index contributed by atoms with van der Waals surface area (Å²) >= 11 is 1.56. The summed E-state index contributed by atoms with van der Waals surface area (Å²) in [6.07, 6.45) is 0. The number of amides is 2. The number of hydrogen-bond donors (Lipinski definition) is 1. The normalized spacial score (nSPS) is 12.4. The van der Waals surface area contributed by atoms with Gasteiger partial charge in [0.05, 0.1) is 6.54 Å². The van der Waals surface area contributed by atoms with Gasteiger partial charge in [0.15, 0.2) is 6.61 Å². The molecule has 1 aromatic heterocycles. The van der Waals surface area contributed by atoms with Gasteiger partial charge in [0.2, 0.25) is 5.91 Å². The van der Waals surface area contributed by atoms with E-state index in [9.17, 15) is 14.4 Å². The second-order valence-corrected chi connectivity index (χ2v) is 7.41. The molecule has 1 atom stereocenters. The summed E-state index contributed by atoms with van der Waals surface area (Å²) in [5.41, 5.74) is -0.592. The smallest absolute Gasteiger partial charge is 0.328 e. The van der Waals surface area contributed by atoms with Crippen molar-refractivity contribution >= 4 is 29.1 Å². The Bertz CT molecular complexity index is 549. The van der Waals surface area contributed by atoms with E-state index in [1.54, 1.807) is 39.2 Å². The highest BCUT2D eigenvalue weighted by molar-refractivity contribution is 7.09. The zero-order valence-electron chi connectivity index (χ0n) is 14.2. The molecule has 0 fully saturated rings. The Morgan fingerprint density at radius 1 is 1.35 bits per heavy atom. The Morgan fingerprint density at radius 2 is 2.00 bits per heavy atom. The number of likely N-dealkylation sites (N-methyl/N-ethyl adjacent to an activating group) is 1. The summed E-state index contributed by atoms with van der Waals surface area (Å²) < 4.78 is 4.98. The number of thiophene rings is 1. The van der Waals surface area contributed by atoms with Crippen LogP contribution in [0.15, 0.2) is 17.5 Å². The van der Waals surface area contributed by atoms with Gasteiger partial charge in [-0.1, -0.05) is 26.8 Å². The monoisotopic (exact) mass is 340 g/mol. The molecule has 1 N–H and O–H groups in total. The first-order valence-corrected chi connectivity index (χ1v) is 8.23. The Labute approximate surface area is 140 Å². The minimum absolute atomic E-state index is 0.247. The van der Waals surface area contributed by atoms with E-state index in [1.807, 2.05) is 17.5 Å². The molecule has 0 spiro atoms. The predicted molar refractivity (Wildman–Crippen MR) is 88.8 cm³/mol. The van der Waals surface area contributed by atoms with E-state index in [1.165, 1.54) is 11.8 Å². The lowest BCUT2D eigenvalue weighted by molar-refractivity contribution is -0.154. The minimum Gasteiger partial charge on any atom is -0.454 e. The summed E-state index contributed by atoms with van der Waals surface area (Å²) in [5.74, 6) is -1.16. The molecule has 0 aromatic carbocycles. The average Bonchev–Trinajstić information content (AvgIpc) is 2.95. The first-order valence-electron chi connectivity index (χ1n) is 7.35. The standard InChI is InChI=1S/C16H24N2O4S/c1-11(17-15(21)16(2,3)4)14(20)22-10-13(19)18(5)9-12-7-6-8-23-12/h6-8,11H,9-10H2,1-5H3,(H,17,21)/t11-/m1/s1. The summed E-state index contributed by atoms with van der Waals surface area (Å²) in [6.45, 7) is 6.93. The Balaban J connectivity index is 2.39. The lowest BCUT2D eigenvalue weighted by Crippen LogP contribution is -2.45. The first kappa shape index (κ1) is 19.2. The molecule has 0 aliphatic rings. The highest BCUT2D eigenvalue weighted by Crippen LogP contribution is 2.13. The second kappa shape index (κ2) is 8.10. The molecule has 0 radical (unpaired) electrons. The highest BCUT2D eigenvalue weighted by Gasteiger charge is 2.26. The third-order valence-electron chi connectivity index (χ3n) is 3.12. The van der Waals surface area contributed by atoms with Crippen LogP contribution >= 0.6 is 11.3 Å². The number of esters is 1. The number of carbonyl (C=O) groups excluding carboxylic acids is 3. The van der Waals surface area contributed by atoms with Crippen LogP contribution in [0.1, 0.15) is 32.6 Å². The fourth-order valence-electron chi connectivity index (χ4n) is 1.56. The van der Waals surface area contributed by atoms with Crippen LogP contribution < -0.4 is 5.32 Å². The molecule has 0 aliphatic heterocycles. The molecule has 6 nitrogen and oxygen atoms in total. The molecule has 0 bridgehead atoms. The molecule has 1 aromatic rings. The lowest BCUT2D eigenvalue weighted by atomic mass is 9.95. The first-order chi connectivity index (χ1) is 10.6. The van der Waals surface area contributed by atoms with Crippen LogP contribution in [0.2, 0.25) is 0 Å². The van der Waals surface area contributed by atoms with Crippen molar-refractivity contribution in [1.29, 1.82) is 0 Å². The fourth-order valence-corrected chi connectivity index (χ4v) is 2.32. The van der Waals surface area contributed by atoms with Gasteiger partial charge in [0.1, 0.15) is 6.04 Å². The van der Waals surface area contributed by atoms with Crippen molar-refractivity contribution in [3.63, 3.8) is 0 Å². The fraction of sp³-hybridized carbons (Fsp3) is 0.562. The summed E-state index contributed by atoms with van der Waals surface area (Å²) in [7, 11) is 1.65. The van der Waals surface area contributed by atoms with Crippen molar-refractivity contribution in [3.8, 4) is 0 Å². The van der Waals surface area contributed by atoms with Crippen molar-refractivity contribution in [3.05, 3.63) is 22.4 Å². The van der Waals surface area contributed by atoms with Crippen LogP contribution in [0.25, 0.3) is 0 Å². The van der Waals surface area contributed by atoms with E-state index in [-0.39, 0.29) is 18.4 Å². The van der Waals surface area contributed by atoms with Gasteiger partial charge in [0.25, 0.3) is 5.91 Å². The molecule has 2 amide bonds. The maximum absolute atomic E-state index is 11.9. The van der Waals surface area contributed by atoms with Crippen molar-refractivity contribution < 1.29 is 19.1 Å². The van der Waals surface area contributed by atoms with E-state index in [4.69, 9.17) is 4.74 Å². The number of nitrogens with zero attached hydrogens (tertiary/aromatic N) is 1. The van der Waals surface area contributed by atoms with Crippen LogP contribution in [-0.2, 0) is 25.7 Å². The SMILES string of the molecule is C[C@@H](NC(=O)C(C)(C)C)C(=O)OCC(=O)N(C)Cc1cccs1. The topological polar surface area (TPSA) is 75.7 Å². The molecule has 0 aliphatic carbocycles. The summed E-state index contributed by atoms with van der Waals surface area (Å²) in [6, 6.07) is 3.06. The van der Waals surface area contributed by atoms with Crippen LogP contribution in [-0.4, -0.2) is 42.4 Å². The Morgan fingerprint density at radius 3 is 2.52 bits per heavy atom. The average molecular weight is 340 g/mol. The molecule has 1 rings (SSSR count). The van der Waals surface area contributed by atoms with Crippen molar-refractivity contribution in [2.45, 2.75) is 40.3 Å². The molecule has 7 heteroatoms. The molecule has 0 saturated carbocycles. The number of hydrogen-bond acceptors (Lipinski definition) is 5. The van der Waals surface area contributed by atoms with Crippen LogP contribution in [0.3, 0.4) is 0 Å². The minimum atomic E-state index is -0.794. The third kappa shape index (κ3) is 6.40. The van der Waals surface area contributed by atoms with Crippen LogP contribution in [0, 0.1) is 5.41 Å². The van der Waals surface area contributed by atoms with E-state index in [2.05, 4.69) is 5.32 Å². The molecular weight excluding hydrogens is 316 g/mol. The maximum atomic E-state index is 11.9. The number of nitrogens with one attached hydrogen (secondary N) is 1. The van der Waals surface area contributed by atoms with Gasteiger partial charge in [-0.2, -0.15) is 0 Å². The number of ether oxygens (including phenoxy) is 1. The second-order valence-electron chi connectivity index (χ2n) is 6.38. The number of rotatable bonds is 6. The largest absolute Gasteiger partial charge is 0.454 e. The lowest BCUT2D eigenvalue weighted by Gasteiger charge is -2.21. The van der Waals surface area contributed by atoms with Crippen LogP contribution in [0.5, 0.6) is 0 Å². The van der Waals surface area contributed by atoms with Gasteiger partial charge in [-0.05, 0) is 18.4 Å². The van der Waals surface area contributed by atoms with Crippen molar-refractivity contribution in [2.75, 3.05) is 13.7 Å². The molecule has 0 unspecified atom stereocenters. The zero-order valence-corrected chi connectivity index (χ0v) is 15.0. The van der Waals surface area contributed by atoms with Gasteiger partial charge < -0.3 is 15.0 Å². The van der Waals surface area contributed by atoms with Gasteiger partial charge in [-0.25, -0.2) is 4.79 Å². The Hall–Kier alpha value is -1.89. The highest BCUT2D eigenvalue weighted by atomic mass is 32.1. The van der Waals surface area contributed by atoms with Gasteiger partial charge in [0, 0.05) is 17.3 Å². The van der Waals surface area contributed by atoms with Gasteiger partial charge in [-0.15, -0.1) is 11.3 Å². The maximum Gasteiger partial charge on any atom is 0.328 e. The van der Waals surface area contributed by atoms with E-state index >= 15 is 0 Å². The van der Waals surface area contributed by atoms with Gasteiger partial charge in [-0.3, -0.25) is 9.59 Å². The molecular formula is C16H24N2O4S. The third-order valence-corrected chi connectivity index (χ3v) is 3.98. The quantitative estimate of drug-likeness (QED) is 0.801. The summed E-state index contributed by atoms with van der Waals surface area (Å²) in [5, 5.41) is 4.51. The molecule has 23 heavy (non-hydrogen) atoms.